The molecule has 3 nitrogen and oxygen atoms in total. The Morgan fingerprint density at radius 2 is 2.47 bits per heavy atom. The molecular formula is C12H19NO2. The number of hydrogen-bond donors (Lipinski definition) is 1. The number of hydrogen-bond acceptors (Lipinski definition) is 3. The molecule has 1 aromatic heterocycles. The Balaban J connectivity index is 2.04. The third-order valence-corrected chi connectivity index (χ3v) is 2.95. The van der Waals surface area contributed by atoms with Crippen LogP contribution in [0.1, 0.15) is 38.4 Å². The number of nitrogens with one attached hydrogen (secondary N) is 1. The summed E-state index contributed by atoms with van der Waals surface area (Å²) in [4.78, 5) is 0. The Kier molecular flexibility index (Phi) is 3.12. The molecule has 0 aliphatic carbocycles. The first-order chi connectivity index (χ1) is 7.23. The number of ether oxygens (including phenoxy) is 1. The SMILES string of the molecule is CCCC1(C)CNCC(c2ccoc2)O1. The normalized spacial score (nSPS) is 31.7. The second-order valence-corrected chi connectivity index (χ2v) is 4.49. The highest BCUT2D eigenvalue weighted by Crippen LogP contribution is 2.30. The Labute approximate surface area is 90.8 Å². The maximum atomic E-state index is 6.14. The summed E-state index contributed by atoms with van der Waals surface area (Å²) in [5.74, 6) is 0. The first-order valence-corrected chi connectivity index (χ1v) is 5.64. The van der Waals surface area contributed by atoms with Gasteiger partial charge >= 0.3 is 0 Å². The van der Waals surface area contributed by atoms with E-state index >= 15 is 0 Å². The van der Waals surface area contributed by atoms with Gasteiger partial charge in [-0.05, 0) is 19.4 Å². The van der Waals surface area contributed by atoms with E-state index in [0.29, 0.717) is 0 Å². The van der Waals surface area contributed by atoms with Gasteiger partial charge in [-0.25, -0.2) is 0 Å². The van der Waals surface area contributed by atoms with E-state index in [-0.39, 0.29) is 11.7 Å². The molecule has 0 radical (unpaired) electrons. The van der Waals surface area contributed by atoms with Crippen molar-refractivity contribution in [3.05, 3.63) is 24.2 Å². The van der Waals surface area contributed by atoms with E-state index in [1.54, 1.807) is 12.5 Å². The van der Waals surface area contributed by atoms with Crippen LogP contribution in [0, 0.1) is 0 Å². The molecule has 84 valence electrons. The van der Waals surface area contributed by atoms with E-state index in [1.807, 2.05) is 6.07 Å². The van der Waals surface area contributed by atoms with Gasteiger partial charge < -0.3 is 14.5 Å². The zero-order valence-electron chi connectivity index (χ0n) is 9.45. The molecule has 2 rings (SSSR count). The molecule has 3 heteroatoms. The monoisotopic (exact) mass is 209 g/mol. The van der Waals surface area contributed by atoms with Gasteiger partial charge in [0.2, 0.25) is 0 Å². The van der Waals surface area contributed by atoms with E-state index in [1.165, 1.54) is 0 Å². The molecule has 1 saturated heterocycles. The van der Waals surface area contributed by atoms with Gasteiger partial charge in [0, 0.05) is 18.7 Å². The zero-order chi connectivity index (χ0) is 10.7. The summed E-state index contributed by atoms with van der Waals surface area (Å²) in [5, 5.41) is 3.43. The molecule has 1 aliphatic heterocycles. The van der Waals surface area contributed by atoms with Crippen LogP contribution in [-0.4, -0.2) is 18.7 Å². The van der Waals surface area contributed by atoms with Crippen molar-refractivity contribution >= 4 is 0 Å². The van der Waals surface area contributed by atoms with Crippen LogP contribution in [0.2, 0.25) is 0 Å². The smallest absolute Gasteiger partial charge is 0.0988 e. The third kappa shape index (κ3) is 2.41. The fraction of sp³-hybridized carbons (Fsp3) is 0.667. The standard InChI is InChI=1S/C12H19NO2/c1-3-5-12(2)9-13-7-11(15-12)10-4-6-14-8-10/h4,6,8,11,13H,3,5,7,9H2,1-2H3. The van der Waals surface area contributed by atoms with Gasteiger partial charge in [0.05, 0.1) is 24.2 Å². The molecule has 0 saturated carbocycles. The van der Waals surface area contributed by atoms with Gasteiger partial charge in [-0.15, -0.1) is 0 Å². The van der Waals surface area contributed by atoms with Crippen molar-refractivity contribution in [3.63, 3.8) is 0 Å². The van der Waals surface area contributed by atoms with E-state index < -0.39 is 0 Å². The predicted octanol–water partition coefficient (Wildman–Crippen LogP) is 2.50. The van der Waals surface area contributed by atoms with Gasteiger partial charge in [0.15, 0.2) is 0 Å². The van der Waals surface area contributed by atoms with Gasteiger partial charge in [-0.3, -0.25) is 0 Å². The second-order valence-electron chi connectivity index (χ2n) is 4.49. The highest BCUT2D eigenvalue weighted by atomic mass is 16.5. The quantitative estimate of drug-likeness (QED) is 0.830. The summed E-state index contributed by atoms with van der Waals surface area (Å²) in [6, 6.07) is 1.98. The maximum Gasteiger partial charge on any atom is 0.0988 e. The molecule has 15 heavy (non-hydrogen) atoms. The zero-order valence-corrected chi connectivity index (χ0v) is 9.45. The first kappa shape index (κ1) is 10.7. The van der Waals surface area contributed by atoms with Crippen LogP contribution in [0.4, 0.5) is 0 Å². The van der Waals surface area contributed by atoms with Crippen LogP contribution in [-0.2, 0) is 4.74 Å². The van der Waals surface area contributed by atoms with Gasteiger partial charge in [-0.2, -0.15) is 0 Å². The first-order valence-electron chi connectivity index (χ1n) is 5.64. The van der Waals surface area contributed by atoms with Crippen LogP contribution in [0.15, 0.2) is 23.0 Å². The molecule has 2 heterocycles. The van der Waals surface area contributed by atoms with Crippen molar-refractivity contribution in [2.45, 2.75) is 38.4 Å². The maximum absolute atomic E-state index is 6.14. The molecule has 2 atom stereocenters. The lowest BCUT2D eigenvalue weighted by molar-refractivity contribution is -0.112. The molecule has 0 spiro atoms. The average Bonchev–Trinajstić information content (AvgIpc) is 2.70. The van der Waals surface area contributed by atoms with Crippen LogP contribution < -0.4 is 5.32 Å². The van der Waals surface area contributed by atoms with Crippen LogP contribution in [0.3, 0.4) is 0 Å². The van der Waals surface area contributed by atoms with E-state index in [4.69, 9.17) is 9.15 Å². The van der Waals surface area contributed by atoms with E-state index in [2.05, 4.69) is 19.2 Å². The third-order valence-electron chi connectivity index (χ3n) is 2.95. The van der Waals surface area contributed by atoms with Crippen LogP contribution >= 0.6 is 0 Å². The predicted molar refractivity (Wildman–Crippen MR) is 58.7 cm³/mol. The Bertz CT molecular complexity index is 293. The molecule has 0 aromatic carbocycles. The number of morpholine rings is 1. The van der Waals surface area contributed by atoms with Crippen LogP contribution in [0.25, 0.3) is 0 Å². The lowest BCUT2D eigenvalue weighted by Gasteiger charge is -2.39. The molecule has 0 amide bonds. The summed E-state index contributed by atoms with van der Waals surface area (Å²) in [6.45, 7) is 6.18. The molecule has 1 N–H and O–H groups in total. The molecule has 0 bridgehead atoms. The Morgan fingerprint density at radius 3 is 3.13 bits per heavy atom. The summed E-state index contributed by atoms with van der Waals surface area (Å²) in [5.41, 5.74) is 1.10. The summed E-state index contributed by atoms with van der Waals surface area (Å²) < 4.78 is 11.2. The van der Waals surface area contributed by atoms with Gasteiger partial charge in [0.1, 0.15) is 0 Å². The molecule has 1 aromatic rings. The average molecular weight is 209 g/mol. The lowest BCUT2D eigenvalue weighted by atomic mass is 9.97. The fourth-order valence-electron chi connectivity index (χ4n) is 2.21. The number of rotatable bonds is 3. The van der Waals surface area contributed by atoms with Crippen molar-refractivity contribution < 1.29 is 9.15 Å². The summed E-state index contributed by atoms with van der Waals surface area (Å²) >= 11 is 0. The van der Waals surface area contributed by atoms with Crippen molar-refractivity contribution in [2.24, 2.45) is 0 Å². The van der Waals surface area contributed by atoms with Crippen LogP contribution in [0.5, 0.6) is 0 Å². The minimum Gasteiger partial charge on any atom is -0.472 e. The summed E-state index contributed by atoms with van der Waals surface area (Å²) in [7, 11) is 0. The Hall–Kier alpha value is -0.800. The van der Waals surface area contributed by atoms with E-state index in [0.717, 1.165) is 31.5 Å². The van der Waals surface area contributed by atoms with Crippen molar-refractivity contribution in [3.8, 4) is 0 Å². The molecule has 2 unspecified atom stereocenters. The Morgan fingerprint density at radius 1 is 1.60 bits per heavy atom. The number of furan rings is 1. The van der Waals surface area contributed by atoms with Gasteiger partial charge in [0.25, 0.3) is 0 Å². The highest BCUT2D eigenvalue weighted by molar-refractivity contribution is 5.11. The minimum absolute atomic E-state index is 0.0328. The minimum atomic E-state index is -0.0328. The highest BCUT2D eigenvalue weighted by Gasteiger charge is 2.32. The van der Waals surface area contributed by atoms with E-state index in [9.17, 15) is 0 Å². The topological polar surface area (TPSA) is 34.4 Å². The largest absolute Gasteiger partial charge is 0.472 e. The molecular weight excluding hydrogens is 190 g/mol. The lowest BCUT2D eigenvalue weighted by Crippen LogP contribution is -2.48. The van der Waals surface area contributed by atoms with Crippen molar-refractivity contribution in [1.82, 2.24) is 5.32 Å². The van der Waals surface area contributed by atoms with Crippen molar-refractivity contribution in [2.75, 3.05) is 13.1 Å². The molecule has 1 fully saturated rings. The van der Waals surface area contributed by atoms with Crippen molar-refractivity contribution in [1.29, 1.82) is 0 Å². The second kappa shape index (κ2) is 4.37. The summed E-state index contributed by atoms with van der Waals surface area (Å²) in [6.07, 6.45) is 5.84. The molecule has 1 aliphatic rings. The van der Waals surface area contributed by atoms with Gasteiger partial charge in [-0.1, -0.05) is 13.3 Å². The fourth-order valence-corrected chi connectivity index (χ4v) is 2.21.